The monoisotopic (exact) mass is 556 g/mol. The van der Waals surface area contributed by atoms with E-state index in [1.807, 2.05) is 0 Å². The number of nitrogens with zero attached hydrogens (tertiary/aromatic N) is 4. The number of hydrogen-bond donors (Lipinski definition) is 1. The number of hydrogen-bond acceptors (Lipinski definition) is 7. The van der Waals surface area contributed by atoms with Crippen LogP contribution < -0.4 is 9.47 Å². The van der Waals surface area contributed by atoms with E-state index in [1.165, 1.54) is 24.3 Å². The molecule has 2 saturated heterocycles. The van der Waals surface area contributed by atoms with Crippen LogP contribution in [0.15, 0.2) is 30.9 Å². The highest BCUT2D eigenvalue weighted by molar-refractivity contribution is 6.35. The van der Waals surface area contributed by atoms with Gasteiger partial charge < -0.3 is 24.4 Å². The van der Waals surface area contributed by atoms with Crippen molar-refractivity contribution in [2.45, 2.75) is 31.3 Å². The number of halogens is 2. The molecule has 1 spiro atoms. The second-order valence-corrected chi connectivity index (χ2v) is 11.2. The molecule has 206 valence electrons. The van der Waals surface area contributed by atoms with Gasteiger partial charge in [0.15, 0.2) is 5.75 Å². The molecule has 0 bridgehead atoms. The number of amides is 2. The summed E-state index contributed by atoms with van der Waals surface area (Å²) in [6.07, 6.45) is 4.60. The van der Waals surface area contributed by atoms with E-state index in [4.69, 9.17) is 21.1 Å². The fourth-order valence-corrected chi connectivity index (χ4v) is 6.46. The first-order valence-electron chi connectivity index (χ1n) is 13.1. The van der Waals surface area contributed by atoms with E-state index in [0.29, 0.717) is 13.2 Å². The molecule has 1 aliphatic carbocycles. The predicted molar refractivity (Wildman–Crippen MR) is 142 cm³/mol. The summed E-state index contributed by atoms with van der Waals surface area (Å²) >= 11 is 6.74. The van der Waals surface area contributed by atoms with Crippen molar-refractivity contribution < 1.29 is 28.6 Å². The Bertz CT molecular complexity index is 1350. The molecule has 0 radical (unpaired) electrons. The zero-order chi connectivity index (χ0) is 27.5. The molecule has 2 amide bonds. The zero-order valence-electron chi connectivity index (χ0n) is 21.7. The number of benzene rings is 1. The highest BCUT2D eigenvalue weighted by Gasteiger charge is 2.54. The molecule has 1 N–H and O–H groups in total. The van der Waals surface area contributed by atoms with Crippen LogP contribution in [-0.2, 0) is 4.79 Å². The molecule has 11 heteroatoms. The fourth-order valence-electron chi connectivity index (χ4n) is 6.17. The first-order chi connectivity index (χ1) is 18.7. The van der Waals surface area contributed by atoms with Gasteiger partial charge >= 0.3 is 0 Å². The van der Waals surface area contributed by atoms with E-state index in [0.717, 1.165) is 25.8 Å². The van der Waals surface area contributed by atoms with Crippen molar-refractivity contribution in [3.63, 3.8) is 0 Å². The average Bonchev–Trinajstić information content (AvgIpc) is 3.67. The number of likely N-dealkylation sites (tertiary alicyclic amines) is 1. The van der Waals surface area contributed by atoms with E-state index >= 15 is 0 Å². The molecule has 4 heterocycles. The number of fused-ring (bicyclic) bond motifs is 2. The van der Waals surface area contributed by atoms with Crippen LogP contribution in [0.5, 0.6) is 17.4 Å². The Morgan fingerprint density at radius 1 is 1.31 bits per heavy atom. The molecule has 4 aliphatic rings. The quantitative estimate of drug-likeness (QED) is 0.564. The Balaban J connectivity index is 1.42. The lowest BCUT2D eigenvalue weighted by atomic mass is 9.98. The van der Waals surface area contributed by atoms with Gasteiger partial charge in [0.1, 0.15) is 41.1 Å². The van der Waals surface area contributed by atoms with Crippen molar-refractivity contribution in [3.05, 3.63) is 47.3 Å². The highest BCUT2D eigenvalue weighted by atomic mass is 35.5. The maximum atomic E-state index is 15.0. The second-order valence-electron chi connectivity index (χ2n) is 10.8. The Labute approximate surface area is 230 Å². The van der Waals surface area contributed by atoms with Gasteiger partial charge in [-0.15, -0.1) is 0 Å². The molecular formula is C28H30ClFN4O5. The Kier molecular flexibility index (Phi) is 6.42. The van der Waals surface area contributed by atoms with Crippen LogP contribution in [0, 0.1) is 11.2 Å². The number of piperazine rings is 1. The topological polar surface area (TPSA) is 95.4 Å². The molecule has 9 nitrogen and oxygen atoms in total. The number of ether oxygens (including phenoxy) is 2. The van der Waals surface area contributed by atoms with Gasteiger partial charge in [0.2, 0.25) is 11.8 Å². The molecule has 3 aliphatic heterocycles. The average molecular weight is 557 g/mol. The third-order valence-corrected chi connectivity index (χ3v) is 8.98. The van der Waals surface area contributed by atoms with Gasteiger partial charge in [-0.3, -0.25) is 14.5 Å². The van der Waals surface area contributed by atoms with Crippen LogP contribution in [-0.4, -0.2) is 95.1 Å². The number of aromatic nitrogens is 1. The summed E-state index contributed by atoms with van der Waals surface area (Å²) in [5, 5.41) is 10.4. The van der Waals surface area contributed by atoms with Gasteiger partial charge in [-0.05, 0) is 56.5 Å². The van der Waals surface area contributed by atoms with Gasteiger partial charge in [0, 0.05) is 25.7 Å². The summed E-state index contributed by atoms with van der Waals surface area (Å²) in [7, 11) is 2.06. The molecule has 1 saturated carbocycles. The van der Waals surface area contributed by atoms with E-state index in [1.54, 1.807) is 9.80 Å². The number of phenols is 1. The SMILES string of the molecule is C=CC(=O)N1CCN2C(=O)c3c(OCC4N(C)CCC45CC5)nc(-c4c(O)cccc4F)c(Cl)c3OC[C@H]2C1. The number of aromatic hydroxyl groups is 1. The Morgan fingerprint density at radius 3 is 2.82 bits per heavy atom. The largest absolute Gasteiger partial charge is 0.507 e. The van der Waals surface area contributed by atoms with E-state index < -0.39 is 11.9 Å². The third-order valence-electron chi connectivity index (χ3n) is 8.63. The molecular weight excluding hydrogens is 527 g/mol. The summed E-state index contributed by atoms with van der Waals surface area (Å²) in [4.78, 5) is 36.3. The van der Waals surface area contributed by atoms with E-state index in [9.17, 15) is 19.1 Å². The lowest BCUT2D eigenvalue weighted by molar-refractivity contribution is -0.128. The number of carbonyl (C=O) groups is 2. The molecule has 1 aromatic carbocycles. The normalized spacial score (nSPS) is 23.6. The fraction of sp³-hybridized carbons (Fsp3) is 0.464. The molecule has 2 aromatic rings. The lowest BCUT2D eigenvalue weighted by Crippen LogP contribution is -2.57. The van der Waals surface area contributed by atoms with Crippen molar-refractivity contribution in [2.75, 3.05) is 46.4 Å². The number of carbonyl (C=O) groups excluding carboxylic acids is 2. The number of rotatable bonds is 5. The van der Waals surface area contributed by atoms with Gasteiger partial charge in [0.05, 0.1) is 11.6 Å². The minimum absolute atomic E-state index is 0.0154. The summed E-state index contributed by atoms with van der Waals surface area (Å²) in [6, 6.07) is 3.62. The van der Waals surface area contributed by atoms with Crippen LogP contribution in [0.4, 0.5) is 4.39 Å². The molecule has 2 atom stereocenters. The van der Waals surface area contributed by atoms with E-state index in [2.05, 4.69) is 23.5 Å². The minimum Gasteiger partial charge on any atom is -0.507 e. The van der Waals surface area contributed by atoms with Crippen molar-refractivity contribution in [3.8, 4) is 28.6 Å². The van der Waals surface area contributed by atoms with Crippen molar-refractivity contribution in [2.24, 2.45) is 5.41 Å². The van der Waals surface area contributed by atoms with Gasteiger partial charge in [-0.2, -0.15) is 0 Å². The van der Waals surface area contributed by atoms with E-state index in [-0.39, 0.29) is 82.2 Å². The smallest absolute Gasteiger partial charge is 0.263 e. The van der Waals surface area contributed by atoms with Gasteiger partial charge in [-0.1, -0.05) is 24.2 Å². The van der Waals surface area contributed by atoms with Crippen molar-refractivity contribution in [1.82, 2.24) is 19.7 Å². The number of phenolic OH excluding ortho intramolecular Hbond substituents is 1. The molecule has 1 aromatic heterocycles. The maximum Gasteiger partial charge on any atom is 0.263 e. The maximum absolute atomic E-state index is 15.0. The van der Waals surface area contributed by atoms with Crippen LogP contribution in [0.25, 0.3) is 11.3 Å². The summed E-state index contributed by atoms with van der Waals surface area (Å²) in [6.45, 7) is 5.76. The van der Waals surface area contributed by atoms with Crippen molar-refractivity contribution in [1.29, 1.82) is 0 Å². The Hall–Kier alpha value is -3.37. The third kappa shape index (κ3) is 4.30. The molecule has 6 rings (SSSR count). The van der Waals surface area contributed by atoms with Crippen LogP contribution in [0.2, 0.25) is 5.02 Å². The van der Waals surface area contributed by atoms with Crippen LogP contribution >= 0.6 is 11.6 Å². The highest BCUT2D eigenvalue weighted by Crippen LogP contribution is 2.56. The number of likely N-dealkylation sites (N-methyl/N-ethyl adjacent to an activating group) is 1. The predicted octanol–water partition coefficient (Wildman–Crippen LogP) is 3.34. The zero-order valence-corrected chi connectivity index (χ0v) is 22.4. The summed E-state index contributed by atoms with van der Waals surface area (Å²) in [5.41, 5.74) is 0.00593. The molecule has 1 unspecified atom stereocenters. The van der Waals surface area contributed by atoms with Gasteiger partial charge in [0.25, 0.3) is 5.91 Å². The lowest BCUT2D eigenvalue weighted by Gasteiger charge is -2.39. The minimum atomic E-state index is -0.723. The molecule has 39 heavy (non-hydrogen) atoms. The molecule has 3 fully saturated rings. The second kappa shape index (κ2) is 9.67. The Morgan fingerprint density at radius 2 is 2.10 bits per heavy atom. The van der Waals surface area contributed by atoms with Crippen LogP contribution in [0.1, 0.15) is 29.6 Å². The first kappa shape index (κ1) is 25.9. The van der Waals surface area contributed by atoms with Crippen molar-refractivity contribution >= 4 is 23.4 Å². The summed E-state index contributed by atoms with van der Waals surface area (Å²) < 4.78 is 27.4. The van der Waals surface area contributed by atoms with Gasteiger partial charge in [-0.25, -0.2) is 9.37 Å². The summed E-state index contributed by atoms with van der Waals surface area (Å²) in [5.74, 6) is -1.66. The number of pyridine rings is 1. The standard InChI is InChI=1S/C28H30ClFN4O5/c1-3-20(36)33-11-12-34-16(13-33)14-38-25-22(27(34)37)26(39-15-19-28(7-8-28)9-10-32(19)2)31-24(23(25)29)21-17(30)5-4-6-18(21)35/h3-6,16,19,35H,1,7-15H2,2H3/t16-,19?/m1/s1. The van der Waals surface area contributed by atoms with Crippen LogP contribution in [0.3, 0.4) is 0 Å². The first-order valence-corrected chi connectivity index (χ1v) is 13.5.